The maximum atomic E-state index is 12.8. The van der Waals surface area contributed by atoms with Gasteiger partial charge in [0.15, 0.2) is 0 Å². The second-order valence-corrected chi connectivity index (χ2v) is 7.42. The fourth-order valence-corrected chi connectivity index (χ4v) is 3.90. The van der Waals surface area contributed by atoms with Crippen LogP contribution in [0.4, 0.5) is 0 Å². The molecule has 0 bridgehead atoms. The van der Waals surface area contributed by atoms with Gasteiger partial charge in [-0.05, 0) is 55.9 Å². The number of benzene rings is 1. The van der Waals surface area contributed by atoms with E-state index in [0.29, 0.717) is 39.2 Å². The lowest BCUT2D eigenvalue weighted by Crippen LogP contribution is -2.42. The van der Waals surface area contributed by atoms with Crippen LogP contribution in [0.25, 0.3) is 0 Å². The molecule has 2 saturated heterocycles. The van der Waals surface area contributed by atoms with Crippen molar-refractivity contribution >= 4 is 11.8 Å². The molecule has 0 radical (unpaired) electrons. The van der Waals surface area contributed by atoms with E-state index in [1.54, 1.807) is 7.11 Å². The number of amides is 2. The Morgan fingerprint density at radius 1 is 1.07 bits per heavy atom. The molecule has 1 aromatic carbocycles. The zero-order valence-corrected chi connectivity index (χ0v) is 16.6. The van der Waals surface area contributed by atoms with Crippen molar-refractivity contribution in [3.8, 4) is 5.75 Å². The molecule has 1 unspecified atom stereocenters. The van der Waals surface area contributed by atoms with Crippen LogP contribution in [-0.4, -0.2) is 67.6 Å². The summed E-state index contributed by atoms with van der Waals surface area (Å²) in [5, 5.41) is 0. The Balaban J connectivity index is 1.59. The summed E-state index contributed by atoms with van der Waals surface area (Å²) in [5.41, 5.74) is 3.22. The third-order valence-corrected chi connectivity index (χ3v) is 5.78. The monoisotopic (exact) mass is 374 g/mol. The van der Waals surface area contributed by atoms with E-state index in [2.05, 4.69) is 0 Å². The number of carbonyl (C=O) groups excluding carboxylic acids is 2. The minimum atomic E-state index is -0.280. The number of nitrogens with zero attached hydrogens (tertiary/aromatic N) is 2. The number of ether oxygens (including phenoxy) is 2. The van der Waals surface area contributed by atoms with Gasteiger partial charge in [-0.15, -0.1) is 0 Å². The summed E-state index contributed by atoms with van der Waals surface area (Å²) in [6.45, 7) is 7.30. The van der Waals surface area contributed by atoms with Crippen LogP contribution in [-0.2, 0) is 20.7 Å². The van der Waals surface area contributed by atoms with Crippen LogP contribution in [0.1, 0.15) is 36.0 Å². The summed E-state index contributed by atoms with van der Waals surface area (Å²) in [4.78, 5) is 29.1. The van der Waals surface area contributed by atoms with Gasteiger partial charge in [0.1, 0.15) is 11.9 Å². The van der Waals surface area contributed by atoms with Crippen molar-refractivity contribution in [2.45, 2.75) is 45.6 Å². The molecule has 0 aromatic heterocycles. The molecule has 6 heteroatoms. The van der Waals surface area contributed by atoms with E-state index in [9.17, 15) is 9.59 Å². The first-order valence-corrected chi connectivity index (χ1v) is 9.82. The Kier molecular flexibility index (Phi) is 6.37. The smallest absolute Gasteiger partial charge is 0.251 e. The highest BCUT2D eigenvalue weighted by atomic mass is 16.5. The fourth-order valence-electron chi connectivity index (χ4n) is 3.90. The highest BCUT2D eigenvalue weighted by Crippen LogP contribution is 2.24. The molecular formula is C21H30N2O4. The molecule has 3 rings (SSSR count). The van der Waals surface area contributed by atoms with Crippen molar-refractivity contribution in [3.05, 3.63) is 28.8 Å². The quantitative estimate of drug-likeness (QED) is 0.810. The van der Waals surface area contributed by atoms with Gasteiger partial charge in [0.05, 0.1) is 13.5 Å². The number of hydrogen-bond acceptors (Lipinski definition) is 4. The van der Waals surface area contributed by atoms with Gasteiger partial charge in [0, 0.05) is 32.8 Å². The standard InChI is InChI=1S/C21H30N2O4/c1-15-16(2)18(26-3)8-7-17(15)14-20(24)22-9-5-10-23(12-11-22)21(25)19-6-4-13-27-19/h7-8,19H,4-6,9-14H2,1-3H3. The Morgan fingerprint density at radius 3 is 2.52 bits per heavy atom. The van der Waals surface area contributed by atoms with Crippen LogP contribution in [0.15, 0.2) is 12.1 Å². The summed E-state index contributed by atoms with van der Waals surface area (Å²) in [6, 6.07) is 3.90. The molecule has 1 atom stereocenters. The SMILES string of the molecule is COc1ccc(CC(=O)N2CCCN(C(=O)C3CCCO3)CC2)c(C)c1C. The molecule has 2 aliphatic rings. The van der Waals surface area contributed by atoms with Crippen LogP contribution in [0.3, 0.4) is 0 Å². The van der Waals surface area contributed by atoms with E-state index in [4.69, 9.17) is 9.47 Å². The van der Waals surface area contributed by atoms with E-state index in [-0.39, 0.29) is 17.9 Å². The molecule has 2 heterocycles. The summed E-state index contributed by atoms with van der Waals surface area (Å²) in [7, 11) is 1.66. The highest BCUT2D eigenvalue weighted by Gasteiger charge is 2.30. The van der Waals surface area contributed by atoms with Gasteiger partial charge in [-0.2, -0.15) is 0 Å². The Morgan fingerprint density at radius 2 is 1.81 bits per heavy atom. The molecule has 2 fully saturated rings. The summed E-state index contributed by atoms with van der Waals surface area (Å²) in [5.74, 6) is 1.05. The summed E-state index contributed by atoms with van der Waals surface area (Å²) < 4.78 is 10.9. The van der Waals surface area contributed by atoms with E-state index in [0.717, 1.165) is 41.7 Å². The van der Waals surface area contributed by atoms with Gasteiger partial charge in [0.2, 0.25) is 5.91 Å². The average molecular weight is 374 g/mol. The van der Waals surface area contributed by atoms with Crippen molar-refractivity contribution in [2.24, 2.45) is 0 Å². The van der Waals surface area contributed by atoms with Gasteiger partial charge in [-0.3, -0.25) is 9.59 Å². The van der Waals surface area contributed by atoms with Crippen LogP contribution in [0, 0.1) is 13.8 Å². The maximum Gasteiger partial charge on any atom is 0.251 e. The Hall–Kier alpha value is -2.08. The predicted molar refractivity (Wildman–Crippen MR) is 103 cm³/mol. The minimum Gasteiger partial charge on any atom is -0.496 e. The Bertz CT molecular complexity index is 698. The average Bonchev–Trinajstić information content (AvgIpc) is 3.09. The van der Waals surface area contributed by atoms with Crippen molar-refractivity contribution in [2.75, 3.05) is 39.9 Å². The highest BCUT2D eigenvalue weighted by molar-refractivity contribution is 5.82. The zero-order valence-electron chi connectivity index (χ0n) is 16.6. The fraction of sp³-hybridized carbons (Fsp3) is 0.619. The number of methoxy groups -OCH3 is 1. The second kappa shape index (κ2) is 8.74. The van der Waals surface area contributed by atoms with Crippen molar-refractivity contribution < 1.29 is 19.1 Å². The van der Waals surface area contributed by atoms with Crippen molar-refractivity contribution in [1.29, 1.82) is 0 Å². The number of hydrogen-bond donors (Lipinski definition) is 0. The maximum absolute atomic E-state index is 12.8. The second-order valence-electron chi connectivity index (χ2n) is 7.42. The third-order valence-electron chi connectivity index (χ3n) is 5.78. The lowest BCUT2D eigenvalue weighted by molar-refractivity contribution is -0.141. The molecular weight excluding hydrogens is 344 g/mol. The van der Waals surface area contributed by atoms with Gasteiger partial charge >= 0.3 is 0 Å². The van der Waals surface area contributed by atoms with Gasteiger partial charge in [-0.25, -0.2) is 0 Å². The lowest BCUT2D eigenvalue weighted by Gasteiger charge is -2.24. The summed E-state index contributed by atoms with van der Waals surface area (Å²) in [6.07, 6.45) is 2.68. The number of rotatable bonds is 4. The van der Waals surface area contributed by atoms with Gasteiger partial charge in [-0.1, -0.05) is 6.07 Å². The molecule has 0 saturated carbocycles. The zero-order chi connectivity index (χ0) is 19.4. The van der Waals surface area contributed by atoms with Crippen molar-refractivity contribution in [3.63, 3.8) is 0 Å². The molecule has 6 nitrogen and oxygen atoms in total. The molecule has 1 aromatic rings. The van der Waals surface area contributed by atoms with Gasteiger partial charge in [0.25, 0.3) is 5.91 Å². The van der Waals surface area contributed by atoms with E-state index < -0.39 is 0 Å². The molecule has 2 aliphatic heterocycles. The molecule has 148 valence electrons. The molecule has 0 aliphatic carbocycles. The molecule has 2 amide bonds. The van der Waals surface area contributed by atoms with Crippen LogP contribution in [0.2, 0.25) is 0 Å². The summed E-state index contributed by atoms with van der Waals surface area (Å²) >= 11 is 0. The largest absolute Gasteiger partial charge is 0.496 e. The normalized spacial score (nSPS) is 20.5. The van der Waals surface area contributed by atoms with Crippen LogP contribution >= 0.6 is 0 Å². The van der Waals surface area contributed by atoms with E-state index in [1.807, 2.05) is 35.8 Å². The first kappa shape index (κ1) is 19.7. The number of carbonyl (C=O) groups is 2. The van der Waals surface area contributed by atoms with Crippen LogP contribution < -0.4 is 4.74 Å². The minimum absolute atomic E-state index is 0.0865. The lowest BCUT2D eigenvalue weighted by atomic mass is 9.99. The Labute approximate surface area is 161 Å². The van der Waals surface area contributed by atoms with Crippen LogP contribution in [0.5, 0.6) is 5.75 Å². The predicted octanol–water partition coefficient (Wildman–Crippen LogP) is 2.09. The molecule has 0 spiro atoms. The molecule has 0 N–H and O–H groups in total. The third kappa shape index (κ3) is 4.43. The molecule has 27 heavy (non-hydrogen) atoms. The topological polar surface area (TPSA) is 59.1 Å². The van der Waals surface area contributed by atoms with Crippen molar-refractivity contribution in [1.82, 2.24) is 9.80 Å². The first-order chi connectivity index (χ1) is 13.0. The van der Waals surface area contributed by atoms with Gasteiger partial charge < -0.3 is 19.3 Å². The van der Waals surface area contributed by atoms with E-state index in [1.165, 1.54) is 0 Å². The van der Waals surface area contributed by atoms with E-state index >= 15 is 0 Å². The first-order valence-electron chi connectivity index (χ1n) is 9.82.